The fraction of sp³-hybridized carbons (Fsp3) is 0.391. The Morgan fingerprint density at radius 1 is 1.07 bits per heavy atom. The van der Waals surface area contributed by atoms with Crippen LogP contribution in [0.4, 0.5) is 17.1 Å². The molecule has 1 saturated heterocycles. The zero-order valence-electron chi connectivity index (χ0n) is 17.2. The van der Waals surface area contributed by atoms with Gasteiger partial charge in [0, 0.05) is 44.1 Å². The minimum Gasteiger partial charge on any atom is -0.378 e. The first-order valence-corrected chi connectivity index (χ1v) is 9.94. The Labute approximate surface area is 167 Å². The molecule has 1 atom stereocenters. The van der Waals surface area contributed by atoms with Gasteiger partial charge in [-0.2, -0.15) is 0 Å². The van der Waals surface area contributed by atoms with Gasteiger partial charge in [-0.15, -0.1) is 0 Å². The predicted molar refractivity (Wildman–Crippen MR) is 115 cm³/mol. The van der Waals surface area contributed by atoms with Crippen LogP contribution in [0.5, 0.6) is 0 Å². The summed E-state index contributed by atoms with van der Waals surface area (Å²) in [6.07, 6.45) is 1.96. The molecule has 1 aliphatic rings. The number of aryl methyl sites for hydroxylation is 2. The van der Waals surface area contributed by atoms with Gasteiger partial charge in [-0.3, -0.25) is 9.59 Å². The molecule has 0 aliphatic carbocycles. The van der Waals surface area contributed by atoms with Crippen LogP contribution >= 0.6 is 0 Å². The standard InChI is InChI=1S/C23H29N3O2/c1-5-16-8-7-9-17(6-2)22(16)24-23(28)18-14-21(27)26(15-18)20-12-10-19(11-13-20)25(3)4/h7-13,18H,5-6,14-15H2,1-4H3,(H,24,28). The summed E-state index contributed by atoms with van der Waals surface area (Å²) in [5.74, 6) is -0.413. The lowest BCUT2D eigenvalue weighted by molar-refractivity contribution is -0.122. The first kappa shape index (κ1) is 19.9. The molecular formula is C23H29N3O2. The van der Waals surface area contributed by atoms with Crippen LogP contribution < -0.4 is 15.1 Å². The van der Waals surface area contributed by atoms with Crippen LogP contribution in [0.25, 0.3) is 0 Å². The summed E-state index contributed by atoms with van der Waals surface area (Å²) >= 11 is 0. The third-order valence-electron chi connectivity index (χ3n) is 5.42. The number of hydrogen-bond acceptors (Lipinski definition) is 3. The number of carbonyl (C=O) groups is 2. The summed E-state index contributed by atoms with van der Waals surface area (Å²) in [6, 6.07) is 14.0. The second kappa shape index (κ2) is 8.46. The molecule has 5 heteroatoms. The van der Waals surface area contributed by atoms with Gasteiger partial charge >= 0.3 is 0 Å². The summed E-state index contributed by atoms with van der Waals surface area (Å²) in [6.45, 7) is 4.59. The lowest BCUT2D eigenvalue weighted by Gasteiger charge is -2.19. The van der Waals surface area contributed by atoms with Gasteiger partial charge < -0.3 is 15.1 Å². The summed E-state index contributed by atoms with van der Waals surface area (Å²) in [5, 5.41) is 3.12. The Morgan fingerprint density at radius 3 is 2.21 bits per heavy atom. The smallest absolute Gasteiger partial charge is 0.229 e. The highest BCUT2D eigenvalue weighted by Crippen LogP contribution is 2.29. The molecular weight excluding hydrogens is 350 g/mol. The maximum Gasteiger partial charge on any atom is 0.229 e. The molecule has 0 saturated carbocycles. The third kappa shape index (κ3) is 4.03. The molecule has 1 aliphatic heterocycles. The van der Waals surface area contributed by atoms with Crippen molar-refractivity contribution < 1.29 is 9.59 Å². The summed E-state index contributed by atoms with van der Waals surface area (Å²) in [7, 11) is 3.96. The lowest BCUT2D eigenvalue weighted by atomic mass is 10.0. The van der Waals surface area contributed by atoms with Crippen LogP contribution in [0.15, 0.2) is 42.5 Å². The van der Waals surface area contributed by atoms with Crippen molar-refractivity contribution in [2.24, 2.45) is 5.92 Å². The van der Waals surface area contributed by atoms with Crippen molar-refractivity contribution in [1.29, 1.82) is 0 Å². The van der Waals surface area contributed by atoms with Gasteiger partial charge in [-0.25, -0.2) is 0 Å². The second-order valence-electron chi connectivity index (χ2n) is 7.46. The molecule has 0 spiro atoms. The first-order valence-electron chi connectivity index (χ1n) is 9.94. The number of nitrogens with one attached hydrogen (secondary N) is 1. The van der Waals surface area contributed by atoms with Gasteiger partial charge in [-0.05, 0) is 48.2 Å². The fourth-order valence-electron chi connectivity index (χ4n) is 3.69. The first-order chi connectivity index (χ1) is 13.4. The summed E-state index contributed by atoms with van der Waals surface area (Å²) in [5.41, 5.74) is 5.10. The summed E-state index contributed by atoms with van der Waals surface area (Å²) < 4.78 is 0. The Hall–Kier alpha value is -2.82. The van der Waals surface area contributed by atoms with E-state index in [9.17, 15) is 9.59 Å². The monoisotopic (exact) mass is 379 g/mol. The number of amides is 2. The second-order valence-corrected chi connectivity index (χ2v) is 7.46. The zero-order chi connectivity index (χ0) is 20.3. The number of anilines is 3. The Bertz CT molecular complexity index is 836. The number of rotatable bonds is 6. The Morgan fingerprint density at radius 2 is 1.68 bits per heavy atom. The van der Waals surface area contributed by atoms with E-state index >= 15 is 0 Å². The largest absolute Gasteiger partial charge is 0.378 e. The van der Waals surface area contributed by atoms with E-state index < -0.39 is 0 Å². The molecule has 3 rings (SSSR count). The van der Waals surface area contributed by atoms with E-state index in [0.29, 0.717) is 6.54 Å². The maximum atomic E-state index is 12.9. The number of para-hydroxylation sites is 1. The maximum absolute atomic E-state index is 12.9. The van der Waals surface area contributed by atoms with Crippen LogP contribution in [0.3, 0.4) is 0 Å². The van der Waals surface area contributed by atoms with Crippen molar-refractivity contribution in [2.45, 2.75) is 33.1 Å². The van der Waals surface area contributed by atoms with Gasteiger partial charge in [0.25, 0.3) is 0 Å². The van der Waals surface area contributed by atoms with Crippen LogP contribution in [-0.4, -0.2) is 32.5 Å². The van der Waals surface area contributed by atoms with E-state index in [-0.39, 0.29) is 24.2 Å². The average Bonchev–Trinajstić information content (AvgIpc) is 3.10. The Kier molecular flexibility index (Phi) is 6.02. The fourth-order valence-corrected chi connectivity index (χ4v) is 3.69. The molecule has 1 N–H and O–H groups in total. The van der Waals surface area contributed by atoms with Crippen molar-refractivity contribution >= 4 is 28.9 Å². The molecule has 1 unspecified atom stereocenters. The Balaban J connectivity index is 1.74. The lowest BCUT2D eigenvalue weighted by Crippen LogP contribution is -2.28. The molecule has 148 valence electrons. The molecule has 5 nitrogen and oxygen atoms in total. The van der Waals surface area contributed by atoms with Crippen LogP contribution in [0.2, 0.25) is 0 Å². The van der Waals surface area contributed by atoms with Gasteiger partial charge in [-0.1, -0.05) is 32.0 Å². The molecule has 1 heterocycles. The minimum absolute atomic E-state index is 0.00255. The molecule has 2 aromatic rings. The topological polar surface area (TPSA) is 52.7 Å². The minimum atomic E-state index is -0.337. The summed E-state index contributed by atoms with van der Waals surface area (Å²) in [4.78, 5) is 29.2. The van der Waals surface area contributed by atoms with E-state index in [1.165, 1.54) is 0 Å². The van der Waals surface area contributed by atoms with Crippen molar-refractivity contribution in [3.63, 3.8) is 0 Å². The van der Waals surface area contributed by atoms with Gasteiger partial charge in [0.2, 0.25) is 11.8 Å². The van der Waals surface area contributed by atoms with E-state index in [0.717, 1.165) is 41.0 Å². The molecule has 0 radical (unpaired) electrons. The van der Waals surface area contributed by atoms with Crippen LogP contribution in [-0.2, 0) is 22.4 Å². The predicted octanol–water partition coefficient (Wildman–Crippen LogP) is 3.87. The van der Waals surface area contributed by atoms with Gasteiger partial charge in [0.1, 0.15) is 0 Å². The number of carbonyl (C=O) groups excluding carboxylic acids is 2. The quantitative estimate of drug-likeness (QED) is 0.829. The van der Waals surface area contributed by atoms with Gasteiger partial charge in [0.05, 0.1) is 5.92 Å². The average molecular weight is 380 g/mol. The normalized spacial score (nSPS) is 16.4. The third-order valence-corrected chi connectivity index (χ3v) is 5.42. The SMILES string of the molecule is CCc1cccc(CC)c1NC(=O)C1CC(=O)N(c2ccc(N(C)C)cc2)C1. The number of nitrogens with zero attached hydrogens (tertiary/aromatic N) is 2. The molecule has 2 aromatic carbocycles. The zero-order valence-corrected chi connectivity index (χ0v) is 17.2. The van der Waals surface area contributed by atoms with E-state index in [1.807, 2.05) is 61.5 Å². The number of benzene rings is 2. The van der Waals surface area contributed by atoms with Crippen molar-refractivity contribution in [3.8, 4) is 0 Å². The van der Waals surface area contributed by atoms with Crippen LogP contribution in [0, 0.1) is 5.92 Å². The molecule has 0 bridgehead atoms. The molecule has 1 fully saturated rings. The van der Waals surface area contributed by atoms with E-state index in [4.69, 9.17) is 0 Å². The van der Waals surface area contributed by atoms with Crippen molar-refractivity contribution in [2.75, 3.05) is 35.8 Å². The number of hydrogen-bond donors (Lipinski definition) is 1. The molecule has 28 heavy (non-hydrogen) atoms. The highest BCUT2D eigenvalue weighted by molar-refractivity contribution is 6.04. The highest BCUT2D eigenvalue weighted by atomic mass is 16.2. The van der Waals surface area contributed by atoms with Crippen molar-refractivity contribution in [3.05, 3.63) is 53.6 Å². The highest BCUT2D eigenvalue weighted by Gasteiger charge is 2.35. The van der Waals surface area contributed by atoms with E-state index in [2.05, 4.69) is 19.2 Å². The molecule has 2 amide bonds. The van der Waals surface area contributed by atoms with Gasteiger partial charge in [0.15, 0.2) is 0 Å². The van der Waals surface area contributed by atoms with Crippen molar-refractivity contribution in [1.82, 2.24) is 0 Å². The van der Waals surface area contributed by atoms with E-state index in [1.54, 1.807) is 4.90 Å². The van der Waals surface area contributed by atoms with Crippen LogP contribution in [0.1, 0.15) is 31.4 Å². The molecule has 0 aromatic heterocycles.